The van der Waals surface area contributed by atoms with Crippen molar-refractivity contribution in [3.8, 4) is 17.0 Å². The van der Waals surface area contributed by atoms with Gasteiger partial charge in [-0.2, -0.15) is 0 Å². The van der Waals surface area contributed by atoms with E-state index in [9.17, 15) is 24.5 Å². The smallest absolute Gasteiger partial charge is 0.272 e. The molecular weight excluding hydrogens is 651 g/mol. The first-order chi connectivity index (χ1) is 23.3. The first-order valence-electron chi connectivity index (χ1n) is 14.6. The number of amides is 3. The van der Waals surface area contributed by atoms with Gasteiger partial charge in [-0.25, -0.2) is 4.98 Å². The SMILES string of the molecule is CCOc1ccc(/C=C(/NC(=O)c2ccccc2)C(=O)Nc2cccc(SCC(=O)Nc3nc(-c4cccc([N+](=O)[O-])c4)cs3)c2)cc1. The number of benzene rings is 4. The summed E-state index contributed by atoms with van der Waals surface area (Å²) < 4.78 is 5.50. The number of thioether (sulfide) groups is 1. The van der Waals surface area contributed by atoms with Gasteiger partial charge < -0.3 is 20.7 Å². The minimum absolute atomic E-state index is 0.0402. The molecule has 4 aromatic carbocycles. The lowest BCUT2D eigenvalue weighted by Crippen LogP contribution is -2.30. The van der Waals surface area contributed by atoms with E-state index in [0.717, 1.165) is 4.90 Å². The lowest BCUT2D eigenvalue weighted by Gasteiger charge is -2.12. The molecule has 11 nitrogen and oxygen atoms in total. The van der Waals surface area contributed by atoms with Crippen molar-refractivity contribution in [1.29, 1.82) is 0 Å². The van der Waals surface area contributed by atoms with Crippen LogP contribution in [0.5, 0.6) is 5.75 Å². The highest BCUT2D eigenvalue weighted by atomic mass is 32.2. The van der Waals surface area contributed by atoms with Crippen LogP contribution in [0.15, 0.2) is 119 Å². The summed E-state index contributed by atoms with van der Waals surface area (Å²) >= 11 is 2.48. The monoisotopic (exact) mass is 679 g/mol. The highest BCUT2D eigenvalue weighted by molar-refractivity contribution is 8.00. The van der Waals surface area contributed by atoms with E-state index in [1.165, 1.54) is 35.2 Å². The third-order valence-corrected chi connectivity index (χ3v) is 8.35. The van der Waals surface area contributed by atoms with Gasteiger partial charge in [-0.3, -0.25) is 24.5 Å². The van der Waals surface area contributed by atoms with Gasteiger partial charge in [0.05, 0.1) is 23.0 Å². The summed E-state index contributed by atoms with van der Waals surface area (Å²) in [6.07, 6.45) is 1.58. The van der Waals surface area contributed by atoms with Crippen LogP contribution in [-0.4, -0.2) is 40.0 Å². The number of nitrogens with zero attached hydrogens (tertiary/aromatic N) is 2. The largest absolute Gasteiger partial charge is 0.494 e. The maximum atomic E-state index is 13.5. The number of thiazole rings is 1. The van der Waals surface area contributed by atoms with Crippen molar-refractivity contribution < 1.29 is 24.0 Å². The van der Waals surface area contributed by atoms with Crippen molar-refractivity contribution in [2.75, 3.05) is 23.0 Å². The molecule has 5 aromatic rings. The van der Waals surface area contributed by atoms with Crippen LogP contribution in [0.3, 0.4) is 0 Å². The maximum absolute atomic E-state index is 13.5. The predicted octanol–water partition coefficient (Wildman–Crippen LogP) is 7.26. The zero-order valence-corrected chi connectivity index (χ0v) is 27.2. The maximum Gasteiger partial charge on any atom is 0.272 e. The third kappa shape index (κ3) is 9.37. The molecule has 0 unspecified atom stereocenters. The number of nitro groups is 1. The van der Waals surface area contributed by atoms with E-state index in [1.54, 1.807) is 96.4 Å². The fraction of sp³-hybridized carbons (Fsp3) is 0.0857. The molecule has 48 heavy (non-hydrogen) atoms. The van der Waals surface area contributed by atoms with Crippen LogP contribution < -0.4 is 20.7 Å². The summed E-state index contributed by atoms with van der Waals surface area (Å²) in [5.41, 5.74) is 2.65. The Labute approximate surface area is 284 Å². The van der Waals surface area contributed by atoms with Gasteiger partial charge >= 0.3 is 0 Å². The quantitative estimate of drug-likeness (QED) is 0.0509. The number of non-ortho nitro benzene ring substituents is 1. The number of hydrogen-bond donors (Lipinski definition) is 3. The van der Waals surface area contributed by atoms with Gasteiger partial charge in [0.25, 0.3) is 17.5 Å². The number of rotatable bonds is 13. The molecule has 0 atom stereocenters. The molecule has 1 aromatic heterocycles. The third-order valence-electron chi connectivity index (χ3n) is 6.60. The van der Waals surface area contributed by atoms with Crippen LogP contribution in [0.1, 0.15) is 22.8 Å². The molecule has 0 bridgehead atoms. The summed E-state index contributed by atoms with van der Waals surface area (Å²) in [6, 6.07) is 28.9. The topological polar surface area (TPSA) is 153 Å². The van der Waals surface area contributed by atoms with Crippen molar-refractivity contribution in [1.82, 2.24) is 10.3 Å². The van der Waals surface area contributed by atoms with E-state index in [0.29, 0.717) is 45.6 Å². The Kier molecular flexibility index (Phi) is 11.3. The number of hydrogen-bond acceptors (Lipinski definition) is 9. The van der Waals surface area contributed by atoms with E-state index in [-0.39, 0.29) is 23.0 Å². The van der Waals surface area contributed by atoms with E-state index in [4.69, 9.17) is 4.74 Å². The number of ether oxygens (including phenoxy) is 1. The molecule has 0 aliphatic carbocycles. The number of nitrogens with one attached hydrogen (secondary N) is 3. The Morgan fingerprint density at radius 2 is 1.71 bits per heavy atom. The second kappa shape index (κ2) is 16.2. The molecule has 242 valence electrons. The zero-order chi connectivity index (χ0) is 33.9. The molecular formula is C35H29N5O6S2. The molecule has 0 saturated carbocycles. The Hall–Kier alpha value is -5.79. The Morgan fingerprint density at radius 1 is 0.938 bits per heavy atom. The number of carbonyl (C=O) groups is 3. The van der Waals surface area contributed by atoms with Crippen LogP contribution in [-0.2, 0) is 9.59 Å². The molecule has 13 heteroatoms. The summed E-state index contributed by atoms with van der Waals surface area (Å²) in [7, 11) is 0. The summed E-state index contributed by atoms with van der Waals surface area (Å²) in [6.45, 7) is 2.41. The molecule has 0 radical (unpaired) electrons. The van der Waals surface area contributed by atoms with Gasteiger partial charge in [0.1, 0.15) is 11.4 Å². The fourth-order valence-corrected chi connectivity index (χ4v) is 5.84. The van der Waals surface area contributed by atoms with Crippen LogP contribution in [0.25, 0.3) is 17.3 Å². The highest BCUT2D eigenvalue weighted by Crippen LogP contribution is 2.28. The summed E-state index contributed by atoms with van der Waals surface area (Å²) in [4.78, 5) is 54.9. The Balaban J connectivity index is 1.22. The standard InChI is InChI=1S/C35H29N5O6S2/c1-2-46-28-16-14-23(15-17-28)18-30(37-33(42)24-8-4-3-5-9-24)34(43)36-26-11-7-13-29(20-26)47-22-32(41)39-35-38-31(21-48-35)25-10-6-12-27(19-25)40(44)45/h3-21H,2,22H2,1H3,(H,36,43)(H,37,42)(H,38,39,41)/b30-18+. The molecule has 0 fully saturated rings. The van der Waals surface area contributed by atoms with Crippen molar-refractivity contribution in [3.63, 3.8) is 0 Å². The van der Waals surface area contributed by atoms with Crippen molar-refractivity contribution in [3.05, 3.63) is 135 Å². The zero-order valence-electron chi connectivity index (χ0n) is 25.5. The average molecular weight is 680 g/mol. The molecule has 0 aliphatic rings. The van der Waals surface area contributed by atoms with Crippen LogP contribution in [0, 0.1) is 10.1 Å². The molecule has 3 N–H and O–H groups in total. The number of carbonyl (C=O) groups excluding carboxylic acids is 3. The van der Waals surface area contributed by atoms with Gasteiger partial charge in [0, 0.05) is 39.2 Å². The van der Waals surface area contributed by atoms with Crippen molar-refractivity contribution >= 4 is 63.4 Å². The average Bonchev–Trinajstić information content (AvgIpc) is 3.57. The summed E-state index contributed by atoms with van der Waals surface area (Å²) in [5, 5.41) is 21.5. The van der Waals surface area contributed by atoms with Gasteiger partial charge in [0.2, 0.25) is 5.91 Å². The van der Waals surface area contributed by atoms with Crippen molar-refractivity contribution in [2.24, 2.45) is 0 Å². The van der Waals surface area contributed by atoms with Crippen LogP contribution in [0.4, 0.5) is 16.5 Å². The van der Waals surface area contributed by atoms with E-state index in [1.807, 2.05) is 13.0 Å². The minimum Gasteiger partial charge on any atom is -0.494 e. The number of nitro benzene ring substituents is 1. The van der Waals surface area contributed by atoms with Crippen LogP contribution in [0.2, 0.25) is 0 Å². The number of anilines is 2. The Morgan fingerprint density at radius 3 is 2.46 bits per heavy atom. The molecule has 5 rings (SSSR count). The lowest BCUT2D eigenvalue weighted by molar-refractivity contribution is -0.384. The molecule has 3 amide bonds. The minimum atomic E-state index is -0.531. The molecule has 0 aliphatic heterocycles. The van der Waals surface area contributed by atoms with E-state index < -0.39 is 16.7 Å². The summed E-state index contributed by atoms with van der Waals surface area (Å²) in [5.74, 6) is -0.501. The lowest BCUT2D eigenvalue weighted by atomic mass is 10.1. The van der Waals surface area contributed by atoms with Gasteiger partial charge in [-0.15, -0.1) is 23.1 Å². The van der Waals surface area contributed by atoms with E-state index in [2.05, 4.69) is 20.9 Å². The van der Waals surface area contributed by atoms with E-state index >= 15 is 0 Å². The van der Waals surface area contributed by atoms with Gasteiger partial charge in [-0.1, -0.05) is 48.5 Å². The molecule has 0 spiro atoms. The normalized spacial score (nSPS) is 11.0. The molecule has 1 heterocycles. The van der Waals surface area contributed by atoms with Gasteiger partial charge in [-0.05, 0) is 61.0 Å². The number of aromatic nitrogens is 1. The highest BCUT2D eigenvalue weighted by Gasteiger charge is 2.16. The molecule has 0 saturated heterocycles. The second-order valence-electron chi connectivity index (χ2n) is 10.0. The van der Waals surface area contributed by atoms with Gasteiger partial charge in [0.15, 0.2) is 5.13 Å². The van der Waals surface area contributed by atoms with Crippen molar-refractivity contribution in [2.45, 2.75) is 11.8 Å². The second-order valence-corrected chi connectivity index (χ2v) is 12.0. The first-order valence-corrected chi connectivity index (χ1v) is 16.5. The first kappa shape index (κ1) is 33.6. The Bertz CT molecular complexity index is 1960. The predicted molar refractivity (Wildman–Crippen MR) is 188 cm³/mol. The fourth-order valence-electron chi connectivity index (χ4n) is 4.34. The van der Waals surface area contributed by atoms with Crippen LogP contribution >= 0.6 is 23.1 Å².